The highest BCUT2D eigenvalue weighted by molar-refractivity contribution is 5.91. The van der Waals surface area contributed by atoms with Crippen LogP contribution in [0, 0.1) is 0 Å². The van der Waals surface area contributed by atoms with Gasteiger partial charge in [-0.25, -0.2) is 0 Å². The molecule has 1 amide bonds. The fraction of sp³-hybridized carbons (Fsp3) is 0.357. The topological polar surface area (TPSA) is 55.1 Å². The van der Waals surface area contributed by atoms with Gasteiger partial charge in [0, 0.05) is 12.0 Å². The minimum atomic E-state index is -0.432. The molecule has 3 nitrogen and oxygen atoms in total. The Kier molecular flexibility index (Phi) is 8.69. The van der Waals surface area contributed by atoms with Crippen molar-refractivity contribution in [3.63, 3.8) is 0 Å². The van der Waals surface area contributed by atoms with Gasteiger partial charge in [-0.3, -0.25) is 4.79 Å². The summed E-state index contributed by atoms with van der Waals surface area (Å²) in [6.45, 7) is 9.96. The van der Waals surface area contributed by atoms with Gasteiger partial charge in [0.1, 0.15) is 0 Å². The van der Waals surface area contributed by atoms with Crippen LogP contribution in [-0.4, -0.2) is 19.0 Å². The summed E-state index contributed by atoms with van der Waals surface area (Å²) in [4.78, 5) is 10.6. The molecule has 1 aromatic carbocycles. The van der Waals surface area contributed by atoms with Gasteiger partial charge in [-0.1, -0.05) is 50.8 Å². The Morgan fingerprint density at radius 2 is 1.76 bits per heavy atom. The molecule has 0 aliphatic rings. The molecule has 0 saturated carbocycles. The van der Waals surface area contributed by atoms with Crippen LogP contribution in [0.5, 0.6) is 0 Å². The molecule has 94 valence electrons. The van der Waals surface area contributed by atoms with Gasteiger partial charge >= 0.3 is 0 Å². The third-order valence-corrected chi connectivity index (χ3v) is 2.11. The molecule has 0 unspecified atom stereocenters. The lowest BCUT2D eigenvalue weighted by molar-refractivity contribution is -0.114. The average Bonchev–Trinajstić information content (AvgIpc) is 2.32. The molecule has 0 saturated heterocycles. The molecule has 3 N–H and O–H groups in total. The Balaban J connectivity index is 0.000000437. The molecule has 0 spiro atoms. The van der Waals surface area contributed by atoms with E-state index in [-0.39, 0.29) is 0 Å². The number of primary amides is 1. The molecule has 0 heterocycles. The molecular weight excluding hydrogens is 212 g/mol. The zero-order valence-corrected chi connectivity index (χ0v) is 10.7. The average molecular weight is 234 g/mol. The van der Waals surface area contributed by atoms with Gasteiger partial charge in [0.05, 0.1) is 0 Å². The largest absolute Gasteiger partial charge is 0.366 e. The van der Waals surface area contributed by atoms with E-state index < -0.39 is 5.91 Å². The third kappa shape index (κ3) is 8.22. The molecule has 0 fully saturated rings. The van der Waals surface area contributed by atoms with E-state index in [0.29, 0.717) is 12.0 Å². The van der Waals surface area contributed by atoms with Gasteiger partial charge < -0.3 is 11.1 Å². The second kappa shape index (κ2) is 9.60. The minimum absolute atomic E-state index is 0.432. The highest BCUT2D eigenvalue weighted by Crippen LogP contribution is 2.04. The lowest BCUT2D eigenvalue weighted by atomic mass is 10.1. The van der Waals surface area contributed by atoms with Gasteiger partial charge in [0.25, 0.3) is 0 Å². The van der Waals surface area contributed by atoms with Crippen molar-refractivity contribution in [1.29, 1.82) is 0 Å². The highest BCUT2D eigenvalue weighted by Gasteiger charge is 2.01. The summed E-state index contributed by atoms with van der Waals surface area (Å²) >= 11 is 0. The van der Waals surface area contributed by atoms with Gasteiger partial charge in [0.15, 0.2) is 0 Å². The van der Waals surface area contributed by atoms with Crippen LogP contribution in [0.2, 0.25) is 0 Å². The van der Waals surface area contributed by atoms with E-state index in [1.54, 1.807) is 0 Å². The fourth-order valence-electron chi connectivity index (χ4n) is 1.18. The van der Waals surface area contributed by atoms with E-state index >= 15 is 0 Å². The molecule has 0 radical (unpaired) electrons. The zero-order chi connectivity index (χ0) is 13.1. The maximum absolute atomic E-state index is 10.6. The lowest BCUT2D eigenvalue weighted by Gasteiger charge is -2.00. The van der Waals surface area contributed by atoms with Crippen molar-refractivity contribution in [1.82, 2.24) is 5.32 Å². The summed E-state index contributed by atoms with van der Waals surface area (Å²) in [5.74, 6) is -0.432. The predicted octanol–water partition coefficient (Wildman–Crippen LogP) is 1.89. The summed E-state index contributed by atoms with van der Waals surface area (Å²) < 4.78 is 0. The number of benzene rings is 1. The SMILES string of the molecule is C=C(Cc1ccccc1)C(N)=O.CCNCC. The maximum Gasteiger partial charge on any atom is 0.244 e. The van der Waals surface area contributed by atoms with E-state index in [9.17, 15) is 4.79 Å². The summed E-state index contributed by atoms with van der Waals surface area (Å²) in [6.07, 6.45) is 0.538. The van der Waals surface area contributed by atoms with Gasteiger partial charge in [-0.05, 0) is 18.7 Å². The summed E-state index contributed by atoms with van der Waals surface area (Å²) in [5.41, 5.74) is 6.55. The van der Waals surface area contributed by atoms with E-state index in [1.165, 1.54) is 0 Å². The Morgan fingerprint density at radius 1 is 1.24 bits per heavy atom. The van der Waals surface area contributed by atoms with E-state index in [2.05, 4.69) is 25.7 Å². The molecule has 0 bridgehead atoms. The Labute approximate surface area is 104 Å². The van der Waals surface area contributed by atoms with Crippen LogP contribution in [0.15, 0.2) is 42.5 Å². The molecule has 0 aliphatic heterocycles. The first-order valence-electron chi connectivity index (χ1n) is 5.84. The first-order valence-corrected chi connectivity index (χ1v) is 5.84. The predicted molar refractivity (Wildman–Crippen MR) is 72.7 cm³/mol. The van der Waals surface area contributed by atoms with Crippen LogP contribution in [0.25, 0.3) is 0 Å². The quantitative estimate of drug-likeness (QED) is 0.764. The minimum Gasteiger partial charge on any atom is -0.366 e. The van der Waals surface area contributed by atoms with Crippen LogP contribution in [0.4, 0.5) is 0 Å². The van der Waals surface area contributed by atoms with Gasteiger partial charge in [0.2, 0.25) is 5.91 Å². The molecule has 1 rings (SSSR count). The zero-order valence-electron chi connectivity index (χ0n) is 10.7. The van der Waals surface area contributed by atoms with E-state index in [4.69, 9.17) is 5.73 Å². The summed E-state index contributed by atoms with van der Waals surface area (Å²) in [5, 5.41) is 3.11. The number of amides is 1. The number of carbonyl (C=O) groups is 1. The third-order valence-electron chi connectivity index (χ3n) is 2.11. The Bertz CT molecular complexity index is 331. The van der Waals surface area contributed by atoms with Crippen molar-refractivity contribution in [2.24, 2.45) is 5.73 Å². The maximum atomic E-state index is 10.6. The van der Waals surface area contributed by atoms with Gasteiger partial charge in [-0.2, -0.15) is 0 Å². The van der Waals surface area contributed by atoms with Crippen molar-refractivity contribution in [2.75, 3.05) is 13.1 Å². The molecule has 17 heavy (non-hydrogen) atoms. The normalized spacial score (nSPS) is 9.06. The summed E-state index contributed by atoms with van der Waals surface area (Å²) in [7, 11) is 0. The Hall–Kier alpha value is -1.61. The second-order valence-electron chi connectivity index (χ2n) is 3.59. The number of carbonyl (C=O) groups excluding carboxylic acids is 1. The van der Waals surface area contributed by atoms with Crippen molar-refractivity contribution >= 4 is 5.91 Å². The number of nitrogens with two attached hydrogens (primary N) is 1. The Morgan fingerprint density at radius 3 is 2.12 bits per heavy atom. The van der Waals surface area contributed by atoms with Crippen LogP contribution in [0.3, 0.4) is 0 Å². The molecule has 0 aromatic heterocycles. The second-order valence-corrected chi connectivity index (χ2v) is 3.59. The van der Waals surface area contributed by atoms with Crippen molar-refractivity contribution < 1.29 is 4.79 Å². The number of hydrogen-bond donors (Lipinski definition) is 2. The monoisotopic (exact) mass is 234 g/mol. The number of rotatable bonds is 5. The number of hydrogen-bond acceptors (Lipinski definition) is 2. The first kappa shape index (κ1) is 15.4. The standard InChI is InChI=1S/C10H11NO.C4H11N/c1-8(10(11)12)7-9-5-3-2-4-6-9;1-3-5-4-2/h2-6H,1,7H2,(H2,11,12);5H,3-4H2,1-2H3. The lowest BCUT2D eigenvalue weighted by Crippen LogP contribution is -2.14. The molecule has 3 heteroatoms. The first-order chi connectivity index (χ1) is 8.11. The summed E-state index contributed by atoms with van der Waals surface area (Å²) in [6, 6.07) is 9.64. The molecular formula is C14H22N2O. The van der Waals surface area contributed by atoms with Crippen molar-refractivity contribution in [3.8, 4) is 0 Å². The highest BCUT2D eigenvalue weighted by atomic mass is 16.1. The molecule has 0 aliphatic carbocycles. The van der Waals surface area contributed by atoms with E-state index in [0.717, 1.165) is 18.7 Å². The van der Waals surface area contributed by atoms with Crippen LogP contribution >= 0.6 is 0 Å². The smallest absolute Gasteiger partial charge is 0.244 e. The number of nitrogens with one attached hydrogen (secondary N) is 1. The van der Waals surface area contributed by atoms with Crippen LogP contribution < -0.4 is 11.1 Å². The van der Waals surface area contributed by atoms with Gasteiger partial charge in [-0.15, -0.1) is 0 Å². The fourth-order valence-corrected chi connectivity index (χ4v) is 1.18. The van der Waals surface area contributed by atoms with Crippen molar-refractivity contribution in [2.45, 2.75) is 20.3 Å². The van der Waals surface area contributed by atoms with Crippen LogP contribution in [0.1, 0.15) is 19.4 Å². The molecule has 1 aromatic rings. The molecule has 0 atom stereocenters. The van der Waals surface area contributed by atoms with E-state index in [1.807, 2.05) is 30.3 Å². The van der Waals surface area contributed by atoms with Crippen molar-refractivity contribution in [3.05, 3.63) is 48.0 Å². The van der Waals surface area contributed by atoms with Crippen LogP contribution in [-0.2, 0) is 11.2 Å².